The third kappa shape index (κ3) is 4.59. The maximum atomic E-state index is 12.2. The van der Waals surface area contributed by atoms with Crippen LogP contribution in [0.1, 0.15) is 25.5 Å². The van der Waals surface area contributed by atoms with Crippen LogP contribution in [-0.4, -0.2) is 44.4 Å². The third-order valence-corrected chi connectivity index (χ3v) is 5.20. The Bertz CT molecular complexity index is 1150. The molecule has 1 saturated carbocycles. The Kier molecular flexibility index (Phi) is 5.87. The number of hydrogen-bond donors (Lipinski definition) is 2. The van der Waals surface area contributed by atoms with Crippen molar-refractivity contribution < 1.29 is 19.1 Å². The molecule has 1 aliphatic carbocycles. The van der Waals surface area contributed by atoms with Gasteiger partial charge in [0.05, 0.1) is 17.6 Å². The van der Waals surface area contributed by atoms with Gasteiger partial charge < -0.3 is 9.47 Å². The quantitative estimate of drug-likeness (QED) is 0.584. The highest BCUT2D eigenvalue weighted by atomic mass is 16.5. The number of rotatable bonds is 7. The number of aryl methyl sites for hydroxylation is 2. The second-order valence-electron chi connectivity index (χ2n) is 7.48. The lowest BCUT2D eigenvalue weighted by molar-refractivity contribution is -0.132. The smallest absolute Gasteiger partial charge is 0.327 e. The monoisotopic (exact) mass is 436 g/mol. The van der Waals surface area contributed by atoms with E-state index in [-0.39, 0.29) is 0 Å². The lowest BCUT2D eigenvalue weighted by Gasteiger charge is -2.14. The molecule has 32 heavy (non-hydrogen) atoms. The van der Waals surface area contributed by atoms with Crippen molar-refractivity contribution >= 4 is 17.8 Å². The van der Waals surface area contributed by atoms with Crippen LogP contribution in [0.3, 0.4) is 0 Å². The predicted molar refractivity (Wildman–Crippen MR) is 116 cm³/mol. The highest BCUT2D eigenvalue weighted by Gasteiger charge is 2.51. The Morgan fingerprint density at radius 3 is 2.72 bits per heavy atom. The highest BCUT2D eigenvalue weighted by Crippen LogP contribution is 2.39. The van der Waals surface area contributed by atoms with Gasteiger partial charge >= 0.3 is 6.03 Å². The summed E-state index contributed by atoms with van der Waals surface area (Å²) < 4.78 is 12.9. The van der Waals surface area contributed by atoms with Gasteiger partial charge in [0.25, 0.3) is 5.91 Å². The summed E-state index contributed by atoms with van der Waals surface area (Å²) in [4.78, 5) is 33.1. The van der Waals surface area contributed by atoms with E-state index < -0.39 is 17.5 Å². The number of urea groups is 1. The highest BCUT2D eigenvalue weighted by molar-refractivity contribution is 6.04. The van der Waals surface area contributed by atoms with Gasteiger partial charge in [0.1, 0.15) is 22.9 Å². The fraction of sp³-hybridized carbons (Fsp3) is 0.318. The molecule has 0 atom stereocenters. The zero-order valence-electron chi connectivity index (χ0n) is 18.1. The second-order valence-corrected chi connectivity index (χ2v) is 7.48. The summed E-state index contributed by atoms with van der Waals surface area (Å²) >= 11 is 0. The van der Waals surface area contributed by atoms with Crippen LogP contribution >= 0.6 is 0 Å². The molecule has 0 aliphatic heterocycles. The molecular formula is C22H24N6O4. The number of methoxy groups -OCH3 is 1. The normalized spacial score (nSPS) is 14.0. The topological polar surface area (TPSA) is 120 Å². The van der Waals surface area contributed by atoms with E-state index in [9.17, 15) is 9.59 Å². The van der Waals surface area contributed by atoms with E-state index in [1.807, 2.05) is 26.2 Å². The zero-order chi connectivity index (χ0) is 22.7. The Balaban J connectivity index is 1.45. The number of anilines is 1. The van der Waals surface area contributed by atoms with Crippen LogP contribution in [0.4, 0.5) is 10.6 Å². The molecule has 3 amide bonds. The number of amides is 3. The number of carbonyl (C=O) groups excluding carboxylic acids is 2. The van der Waals surface area contributed by atoms with Crippen LogP contribution in [0.5, 0.6) is 11.5 Å². The fourth-order valence-corrected chi connectivity index (χ4v) is 3.22. The van der Waals surface area contributed by atoms with Crippen molar-refractivity contribution in [1.29, 1.82) is 0 Å². The summed E-state index contributed by atoms with van der Waals surface area (Å²) in [7, 11) is 3.30. The summed E-state index contributed by atoms with van der Waals surface area (Å²) in [6.07, 6.45) is 7.06. The molecule has 166 valence electrons. The lowest BCUT2D eigenvalue weighted by atomic mass is 10.2. The van der Waals surface area contributed by atoms with Gasteiger partial charge in [0.15, 0.2) is 0 Å². The van der Waals surface area contributed by atoms with Crippen LogP contribution in [0.15, 0.2) is 42.9 Å². The summed E-state index contributed by atoms with van der Waals surface area (Å²) in [5.41, 5.74) is 1.40. The molecule has 1 fully saturated rings. The van der Waals surface area contributed by atoms with Gasteiger partial charge in [-0.05, 0) is 37.5 Å². The van der Waals surface area contributed by atoms with Crippen LogP contribution in [-0.2, 0) is 23.0 Å². The van der Waals surface area contributed by atoms with Crippen LogP contribution < -0.4 is 15.4 Å². The van der Waals surface area contributed by atoms with Crippen LogP contribution in [0, 0.1) is 0 Å². The average molecular weight is 436 g/mol. The van der Waals surface area contributed by atoms with E-state index in [1.165, 1.54) is 7.11 Å². The third-order valence-electron chi connectivity index (χ3n) is 5.20. The Labute approximate surface area is 185 Å². The van der Waals surface area contributed by atoms with Gasteiger partial charge in [-0.25, -0.2) is 9.78 Å². The molecule has 3 aromatic rings. The minimum atomic E-state index is -0.879. The summed E-state index contributed by atoms with van der Waals surface area (Å²) in [5.74, 6) is 1.03. The predicted octanol–water partition coefficient (Wildman–Crippen LogP) is 3.06. The van der Waals surface area contributed by atoms with Crippen LogP contribution in [0.2, 0.25) is 0 Å². The summed E-state index contributed by atoms with van der Waals surface area (Å²) in [6.45, 7) is 1.94. The van der Waals surface area contributed by atoms with E-state index in [2.05, 4.69) is 25.7 Å². The molecule has 1 aliphatic rings. The zero-order valence-corrected chi connectivity index (χ0v) is 18.1. The number of nitrogens with zero attached hydrogens (tertiary/aromatic N) is 4. The maximum absolute atomic E-state index is 12.2. The number of aromatic nitrogens is 4. The first-order valence-corrected chi connectivity index (χ1v) is 10.2. The molecule has 0 aromatic carbocycles. The van der Waals surface area contributed by atoms with Gasteiger partial charge in [-0.1, -0.05) is 6.92 Å². The number of pyridine rings is 2. The Hall–Kier alpha value is -3.79. The minimum Gasteiger partial charge on any atom is -0.455 e. The minimum absolute atomic E-state index is 0.313. The molecule has 0 unspecified atom stereocenters. The molecule has 0 saturated heterocycles. The molecule has 0 bridgehead atoms. The van der Waals surface area contributed by atoms with E-state index in [0.29, 0.717) is 42.3 Å². The summed E-state index contributed by atoms with van der Waals surface area (Å²) in [6, 6.07) is 6.27. The average Bonchev–Trinajstić information content (AvgIpc) is 3.48. The van der Waals surface area contributed by atoms with Crippen LogP contribution in [0.25, 0.3) is 11.3 Å². The van der Waals surface area contributed by atoms with E-state index >= 15 is 0 Å². The van der Waals surface area contributed by atoms with Crippen molar-refractivity contribution in [1.82, 2.24) is 25.1 Å². The number of hydrogen-bond acceptors (Lipinski definition) is 7. The Morgan fingerprint density at radius 1 is 1.25 bits per heavy atom. The fourth-order valence-electron chi connectivity index (χ4n) is 3.22. The first kappa shape index (κ1) is 21.4. The first-order valence-electron chi connectivity index (χ1n) is 10.2. The molecule has 10 heteroatoms. The van der Waals surface area contributed by atoms with Gasteiger partial charge in [0.2, 0.25) is 0 Å². The molecule has 0 radical (unpaired) electrons. The first-order chi connectivity index (χ1) is 15.4. The van der Waals surface area contributed by atoms with Gasteiger partial charge in [-0.15, -0.1) is 0 Å². The maximum Gasteiger partial charge on any atom is 0.327 e. The second kappa shape index (κ2) is 8.75. The number of nitrogens with one attached hydrogen (secondary N) is 2. The van der Waals surface area contributed by atoms with Crippen molar-refractivity contribution in [2.75, 3.05) is 12.4 Å². The number of ether oxygens (including phenoxy) is 2. The molecule has 3 aromatic heterocycles. The largest absolute Gasteiger partial charge is 0.455 e. The van der Waals surface area contributed by atoms with E-state index in [0.717, 1.165) is 11.3 Å². The molecule has 4 rings (SSSR count). The standard InChI is InChI=1S/C22H24N6O4/c1-4-16-18(32-15-7-10-23-17(11-15)14-12-24-28(2)13-14)5-6-19(25-16)26-21(30)27-20(29)22(31-3)8-9-22/h5-7,10-13H,4,8-9H2,1-3H3,(H2,25,26,27,29,30). The van der Waals surface area contributed by atoms with Crippen molar-refractivity contribution in [3.8, 4) is 22.8 Å². The van der Waals surface area contributed by atoms with Crippen molar-refractivity contribution in [2.45, 2.75) is 31.8 Å². The van der Waals surface area contributed by atoms with Gasteiger partial charge in [-0.3, -0.25) is 25.1 Å². The molecule has 0 spiro atoms. The lowest BCUT2D eigenvalue weighted by Crippen LogP contribution is -2.43. The number of imide groups is 1. The molecule has 3 heterocycles. The molecule has 10 nitrogen and oxygen atoms in total. The summed E-state index contributed by atoms with van der Waals surface area (Å²) in [5, 5.41) is 9.05. The van der Waals surface area contributed by atoms with E-state index in [1.54, 1.807) is 35.3 Å². The van der Waals surface area contributed by atoms with Gasteiger partial charge in [-0.2, -0.15) is 5.10 Å². The number of carbonyl (C=O) groups is 2. The van der Waals surface area contributed by atoms with Crippen molar-refractivity contribution in [3.63, 3.8) is 0 Å². The van der Waals surface area contributed by atoms with Crippen molar-refractivity contribution in [3.05, 3.63) is 48.5 Å². The molecular weight excluding hydrogens is 412 g/mol. The van der Waals surface area contributed by atoms with E-state index in [4.69, 9.17) is 9.47 Å². The Morgan fingerprint density at radius 2 is 2.06 bits per heavy atom. The molecule has 2 N–H and O–H groups in total. The van der Waals surface area contributed by atoms with Crippen molar-refractivity contribution in [2.24, 2.45) is 7.05 Å². The van der Waals surface area contributed by atoms with Gasteiger partial charge in [0, 0.05) is 38.2 Å². The SMILES string of the molecule is CCc1nc(NC(=O)NC(=O)C2(OC)CC2)ccc1Oc1ccnc(-c2cnn(C)c2)c1.